The molecule has 0 saturated carbocycles. The molecule has 0 saturated heterocycles. The molecule has 26 heavy (non-hydrogen) atoms. The number of fused-ring (bicyclic) bond motifs is 3. The Labute approximate surface area is 156 Å². The summed E-state index contributed by atoms with van der Waals surface area (Å²) in [5, 5.41) is 7.48. The van der Waals surface area contributed by atoms with Crippen LogP contribution in [0, 0.1) is 0 Å². The van der Waals surface area contributed by atoms with Crippen LogP contribution in [0.1, 0.15) is 21.6 Å². The number of rotatable bonds is 4. The summed E-state index contributed by atoms with van der Waals surface area (Å²) in [7, 11) is 3.52. The Kier molecular flexibility index (Phi) is 4.42. The Morgan fingerprint density at radius 1 is 1.23 bits per heavy atom. The van der Waals surface area contributed by atoms with Gasteiger partial charge in [0, 0.05) is 40.9 Å². The molecule has 2 heterocycles. The smallest absolute Gasteiger partial charge is 0.272 e. The molecule has 2 aromatic carbocycles. The molecule has 1 aliphatic heterocycles. The van der Waals surface area contributed by atoms with Gasteiger partial charge in [0.15, 0.2) is 5.69 Å². The number of nitrogens with one attached hydrogen (secondary N) is 1. The highest BCUT2D eigenvalue weighted by Crippen LogP contribution is 2.42. The number of nitrogens with zero attached hydrogens (tertiary/aromatic N) is 2. The van der Waals surface area contributed by atoms with Gasteiger partial charge in [-0.25, -0.2) is 0 Å². The molecule has 1 N–H and O–H groups in total. The number of aromatic nitrogens is 2. The molecular weight excluding hydrogens is 346 g/mol. The van der Waals surface area contributed by atoms with Crippen LogP contribution < -0.4 is 10.1 Å². The molecule has 0 aliphatic carbocycles. The molecule has 1 aliphatic rings. The number of para-hydroxylation sites is 1. The van der Waals surface area contributed by atoms with Gasteiger partial charge in [0.2, 0.25) is 0 Å². The van der Waals surface area contributed by atoms with E-state index in [0.717, 1.165) is 33.9 Å². The second-order valence-corrected chi connectivity index (χ2v) is 7.10. The number of hydrogen-bond donors (Lipinski definition) is 1. The van der Waals surface area contributed by atoms with Crippen molar-refractivity contribution < 1.29 is 9.53 Å². The third-order valence-corrected chi connectivity index (χ3v) is 5.61. The number of aryl methyl sites for hydroxylation is 1. The van der Waals surface area contributed by atoms with Crippen LogP contribution in [0.15, 0.2) is 53.4 Å². The van der Waals surface area contributed by atoms with E-state index in [2.05, 4.69) is 22.5 Å². The molecule has 0 bridgehead atoms. The third-order valence-electron chi connectivity index (χ3n) is 4.51. The summed E-state index contributed by atoms with van der Waals surface area (Å²) in [6.45, 7) is 0.401. The largest absolute Gasteiger partial charge is 0.496 e. The number of methoxy groups -OCH3 is 1. The van der Waals surface area contributed by atoms with Crippen LogP contribution in [-0.4, -0.2) is 22.8 Å². The first-order valence-electron chi connectivity index (χ1n) is 8.37. The average molecular weight is 365 g/mol. The predicted molar refractivity (Wildman–Crippen MR) is 102 cm³/mol. The van der Waals surface area contributed by atoms with Gasteiger partial charge >= 0.3 is 0 Å². The van der Waals surface area contributed by atoms with Crippen molar-refractivity contribution in [1.29, 1.82) is 0 Å². The summed E-state index contributed by atoms with van der Waals surface area (Å²) >= 11 is 1.74. The van der Waals surface area contributed by atoms with E-state index in [1.807, 2.05) is 48.1 Å². The number of carbonyl (C=O) groups excluding carboxylic acids is 1. The fourth-order valence-electron chi connectivity index (χ4n) is 3.27. The molecule has 6 heteroatoms. The first-order valence-corrected chi connectivity index (χ1v) is 9.35. The molecule has 0 atom stereocenters. The zero-order chi connectivity index (χ0) is 18.1. The van der Waals surface area contributed by atoms with E-state index in [4.69, 9.17) is 4.74 Å². The molecule has 5 nitrogen and oxygen atoms in total. The molecule has 4 rings (SSSR count). The van der Waals surface area contributed by atoms with Crippen molar-refractivity contribution in [2.45, 2.75) is 17.2 Å². The lowest BCUT2D eigenvalue weighted by Crippen LogP contribution is -2.24. The minimum absolute atomic E-state index is 0.160. The molecule has 1 aromatic heterocycles. The molecule has 3 aromatic rings. The summed E-state index contributed by atoms with van der Waals surface area (Å²) in [6.07, 6.45) is 0. The zero-order valence-electron chi connectivity index (χ0n) is 14.7. The van der Waals surface area contributed by atoms with E-state index in [-0.39, 0.29) is 5.91 Å². The Morgan fingerprint density at radius 3 is 2.85 bits per heavy atom. The first kappa shape index (κ1) is 16.7. The number of amides is 1. The van der Waals surface area contributed by atoms with E-state index in [1.54, 1.807) is 18.9 Å². The highest BCUT2D eigenvalue weighted by Gasteiger charge is 2.27. The molecule has 0 unspecified atom stereocenters. The molecule has 0 radical (unpaired) electrons. The molecular formula is C20H19N3O2S. The summed E-state index contributed by atoms with van der Waals surface area (Å²) in [5.74, 6) is 1.35. The summed E-state index contributed by atoms with van der Waals surface area (Å²) in [5.41, 5.74) is 4.60. The quantitative estimate of drug-likeness (QED) is 0.767. The fraction of sp³-hybridized carbons (Fsp3) is 0.200. The predicted octanol–water partition coefficient (Wildman–Crippen LogP) is 3.63. The van der Waals surface area contributed by atoms with Crippen molar-refractivity contribution in [2.24, 2.45) is 7.05 Å². The lowest BCUT2D eigenvalue weighted by molar-refractivity contribution is 0.0944. The van der Waals surface area contributed by atoms with Crippen LogP contribution in [0.5, 0.6) is 5.75 Å². The maximum absolute atomic E-state index is 12.8. The molecule has 0 fully saturated rings. The normalized spacial score (nSPS) is 12.2. The number of carbonyl (C=O) groups is 1. The van der Waals surface area contributed by atoms with Crippen molar-refractivity contribution >= 4 is 17.7 Å². The maximum Gasteiger partial charge on any atom is 0.272 e. The van der Waals surface area contributed by atoms with Gasteiger partial charge in [-0.3, -0.25) is 9.48 Å². The van der Waals surface area contributed by atoms with Gasteiger partial charge in [-0.05, 0) is 12.1 Å². The Hall–Kier alpha value is -2.73. The zero-order valence-corrected chi connectivity index (χ0v) is 15.5. The minimum atomic E-state index is -0.160. The van der Waals surface area contributed by atoms with Crippen LogP contribution in [0.4, 0.5) is 0 Å². The lowest BCUT2D eigenvalue weighted by Gasteiger charge is -2.17. The number of benzene rings is 2. The van der Waals surface area contributed by atoms with Crippen LogP contribution in [-0.2, 0) is 19.3 Å². The summed E-state index contributed by atoms with van der Waals surface area (Å²) in [4.78, 5) is 14.0. The van der Waals surface area contributed by atoms with E-state index in [1.165, 1.54) is 4.90 Å². The van der Waals surface area contributed by atoms with Crippen molar-refractivity contribution in [3.05, 3.63) is 65.4 Å². The summed E-state index contributed by atoms with van der Waals surface area (Å²) < 4.78 is 7.15. The van der Waals surface area contributed by atoms with E-state index in [9.17, 15) is 4.79 Å². The van der Waals surface area contributed by atoms with Crippen LogP contribution in [0.25, 0.3) is 11.3 Å². The van der Waals surface area contributed by atoms with Crippen molar-refractivity contribution in [3.63, 3.8) is 0 Å². The van der Waals surface area contributed by atoms with Gasteiger partial charge < -0.3 is 10.1 Å². The Morgan fingerprint density at radius 2 is 2.00 bits per heavy atom. The second-order valence-electron chi connectivity index (χ2n) is 6.08. The minimum Gasteiger partial charge on any atom is -0.496 e. The van der Waals surface area contributed by atoms with E-state index < -0.39 is 0 Å². The van der Waals surface area contributed by atoms with Crippen LogP contribution in [0.2, 0.25) is 0 Å². The van der Waals surface area contributed by atoms with Crippen LogP contribution in [0.3, 0.4) is 0 Å². The monoisotopic (exact) mass is 365 g/mol. The standard InChI is InChI=1S/C20H19N3O2S/c1-23-19-14-8-4-6-10-17(14)26-12-15(19)18(22-23)20(24)21-11-13-7-3-5-9-16(13)25-2/h3-10H,11-12H2,1-2H3,(H,21,24). The Bertz CT molecular complexity index is 981. The first-order chi connectivity index (χ1) is 12.7. The van der Waals surface area contributed by atoms with Gasteiger partial charge in [-0.2, -0.15) is 5.10 Å². The second kappa shape index (κ2) is 6.88. The van der Waals surface area contributed by atoms with Gasteiger partial charge in [0.1, 0.15) is 5.75 Å². The number of hydrogen-bond acceptors (Lipinski definition) is 4. The summed E-state index contributed by atoms with van der Waals surface area (Å²) in [6, 6.07) is 15.9. The molecule has 132 valence electrons. The highest BCUT2D eigenvalue weighted by molar-refractivity contribution is 7.98. The SMILES string of the molecule is COc1ccccc1CNC(=O)c1nn(C)c2c1CSc1ccccc1-2. The molecule has 0 spiro atoms. The third kappa shape index (κ3) is 2.86. The van der Waals surface area contributed by atoms with Crippen molar-refractivity contribution in [2.75, 3.05) is 7.11 Å². The van der Waals surface area contributed by atoms with Gasteiger partial charge in [-0.15, -0.1) is 11.8 Å². The van der Waals surface area contributed by atoms with E-state index >= 15 is 0 Å². The number of ether oxygens (including phenoxy) is 1. The van der Waals surface area contributed by atoms with Crippen LogP contribution >= 0.6 is 11.8 Å². The lowest BCUT2D eigenvalue weighted by atomic mass is 10.1. The fourth-order valence-corrected chi connectivity index (χ4v) is 4.34. The van der Waals surface area contributed by atoms with Gasteiger partial charge in [0.25, 0.3) is 5.91 Å². The van der Waals surface area contributed by atoms with Crippen molar-refractivity contribution in [1.82, 2.24) is 15.1 Å². The van der Waals surface area contributed by atoms with E-state index in [0.29, 0.717) is 12.2 Å². The highest BCUT2D eigenvalue weighted by atomic mass is 32.2. The van der Waals surface area contributed by atoms with Crippen molar-refractivity contribution in [3.8, 4) is 17.0 Å². The average Bonchev–Trinajstić information content (AvgIpc) is 3.03. The van der Waals surface area contributed by atoms with Gasteiger partial charge in [0.05, 0.1) is 12.8 Å². The molecule has 1 amide bonds. The Balaban J connectivity index is 1.61. The van der Waals surface area contributed by atoms with Gasteiger partial charge in [-0.1, -0.05) is 36.4 Å². The topological polar surface area (TPSA) is 56.1 Å². The maximum atomic E-state index is 12.8. The number of thioether (sulfide) groups is 1.